The van der Waals surface area contributed by atoms with Crippen molar-refractivity contribution in [3.05, 3.63) is 0 Å². The molecule has 25 heavy (non-hydrogen) atoms. The van der Waals surface area contributed by atoms with E-state index in [2.05, 4.69) is 12.2 Å². The number of ether oxygens (including phenoxy) is 4. The van der Waals surface area contributed by atoms with Gasteiger partial charge in [-0.15, -0.1) is 9.45 Å². The van der Waals surface area contributed by atoms with E-state index in [9.17, 15) is 4.79 Å². The Hall–Kier alpha value is -0.120. The van der Waals surface area contributed by atoms with Gasteiger partial charge in [-0.3, -0.25) is 4.79 Å². The van der Waals surface area contributed by atoms with Crippen LogP contribution in [-0.2, 0) is 44.4 Å². The Balaban J connectivity index is 3.13. The maximum Gasteiger partial charge on any atom is 0.245 e. The second-order valence-electron chi connectivity index (χ2n) is 5.58. The van der Waals surface area contributed by atoms with Gasteiger partial charge in [0.2, 0.25) is 5.91 Å². The van der Waals surface area contributed by atoms with Crippen LogP contribution in [0.2, 0.25) is 0 Å². The second kappa shape index (κ2) is 20.2. The zero-order valence-corrected chi connectivity index (χ0v) is 17.4. The molecule has 0 aromatic heterocycles. The van der Waals surface area contributed by atoms with Crippen molar-refractivity contribution in [3.63, 3.8) is 0 Å². The van der Waals surface area contributed by atoms with Gasteiger partial charge in [-0.05, 0) is 24.9 Å². The van der Waals surface area contributed by atoms with Gasteiger partial charge in [-0.2, -0.15) is 0 Å². The number of nitrogens with one attached hydrogen (secondary N) is 1. The maximum absolute atomic E-state index is 11.5. The van der Waals surface area contributed by atoms with Crippen LogP contribution in [0.5, 0.6) is 0 Å². The number of unbranched alkanes of at least 4 members (excludes halogenated alkanes) is 2. The molecule has 0 bridgehead atoms. The summed E-state index contributed by atoms with van der Waals surface area (Å²) in [5.41, 5.74) is 0. The normalized spacial score (nSPS) is 12.2. The van der Waals surface area contributed by atoms with Gasteiger partial charge in [-0.1, -0.05) is 31.0 Å². The van der Waals surface area contributed by atoms with Crippen LogP contribution in [0.1, 0.15) is 32.6 Å². The number of amides is 1. The summed E-state index contributed by atoms with van der Waals surface area (Å²) >= 11 is 5.09. The molecular weight excluding hydrogens is 362 g/mol. The van der Waals surface area contributed by atoms with Gasteiger partial charge in [-0.25, -0.2) is 0 Å². The summed E-state index contributed by atoms with van der Waals surface area (Å²) in [6, 6.07) is 0. The second-order valence-corrected chi connectivity index (χ2v) is 8.84. The molecular formula is C17H35NO5S2. The molecule has 6 nitrogen and oxygen atoms in total. The van der Waals surface area contributed by atoms with Crippen molar-refractivity contribution in [3.8, 4) is 0 Å². The molecule has 0 saturated heterocycles. The van der Waals surface area contributed by atoms with Crippen LogP contribution in [0.4, 0.5) is 0 Å². The van der Waals surface area contributed by atoms with Crippen molar-refractivity contribution in [1.82, 2.24) is 5.32 Å². The number of rotatable bonds is 19. The Labute approximate surface area is 159 Å². The molecule has 1 atom stereocenters. The summed E-state index contributed by atoms with van der Waals surface area (Å²) in [7, 11) is 0.0214. The summed E-state index contributed by atoms with van der Waals surface area (Å²) in [6.45, 7) is 6.86. The third kappa shape index (κ3) is 21.8. The molecule has 0 aromatic rings. The molecule has 0 rings (SSSR count). The highest BCUT2D eigenvalue weighted by molar-refractivity contribution is 8.28. The van der Waals surface area contributed by atoms with E-state index in [1.807, 2.05) is 6.26 Å². The molecule has 0 saturated carbocycles. The van der Waals surface area contributed by atoms with Crippen LogP contribution >= 0.6 is 0 Å². The molecule has 0 fully saturated rings. The molecule has 1 amide bonds. The van der Waals surface area contributed by atoms with Crippen molar-refractivity contribution in [2.24, 2.45) is 0 Å². The molecule has 0 aliphatic carbocycles. The molecule has 1 N–H and O–H groups in total. The maximum atomic E-state index is 11.5. The van der Waals surface area contributed by atoms with E-state index in [1.165, 1.54) is 12.8 Å². The van der Waals surface area contributed by atoms with Gasteiger partial charge in [0, 0.05) is 13.2 Å². The van der Waals surface area contributed by atoms with Crippen LogP contribution in [-0.4, -0.2) is 77.3 Å². The number of carbonyl (C=O) groups is 1. The third-order valence-corrected chi connectivity index (χ3v) is 4.54. The first-order valence-electron chi connectivity index (χ1n) is 9.04. The smallest absolute Gasteiger partial charge is 0.245 e. The van der Waals surface area contributed by atoms with E-state index in [0.29, 0.717) is 46.2 Å². The van der Waals surface area contributed by atoms with Crippen molar-refractivity contribution >= 4 is 26.5 Å². The summed E-state index contributed by atoms with van der Waals surface area (Å²) in [5.74, 6) is 0.875. The SMILES string of the molecule is CCCCCOCCOCCOCCOCC(=O)NCCCS(C)=S. The van der Waals surface area contributed by atoms with Crippen molar-refractivity contribution in [1.29, 1.82) is 0 Å². The topological polar surface area (TPSA) is 66.0 Å². The average molecular weight is 398 g/mol. The molecule has 0 aliphatic heterocycles. The molecule has 0 heterocycles. The Morgan fingerprint density at radius 3 is 2.00 bits per heavy atom. The highest BCUT2D eigenvalue weighted by Crippen LogP contribution is 1.93. The highest BCUT2D eigenvalue weighted by atomic mass is 32.8. The summed E-state index contributed by atoms with van der Waals surface area (Å²) in [5, 5.41) is 2.81. The first-order valence-corrected chi connectivity index (χ1v) is 11.8. The highest BCUT2D eigenvalue weighted by Gasteiger charge is 2.00. The van der Waals surface area contributed by atoms with Crippen LogP contribution in [0.25, 0.3) is 0 Å². The van der Waals surface area contributed by atoms with Gasteiger partial charge in [0.15, 0.2) is 0 Å². The summed E-state index contributed by atoms with van der Waals surface area (Å²) in [4.78, 5) is 11.5. The fourth-order valence-corrected chi connectivity index (χ4v) is 2.74. The average Bonchev–Trinajstić information content (AvgIpc) is 2.59. The molecule has 0 aliphatic rings. The largest absolute Gasteiger partial charge is 0.379 e. The van der Waals surface area contributed by atoms with Gasteiger partial charge in [0.25, 0.3) is 0 Å². The van der Waals surface area contributed by atoms with Gasteiger partial charge >= 0.3 is 0 Å². The Morgan fingerprint density at radius 2 is 1.44 bits per heavy atom. The van der Waals surface area contributed by atoms with E-state index in [4.69, 9.17) is 30.1 Å². The quantitative estimate of drug-likeness (QED) is 0.333. The van der Waals surface area contributed by atoms with Crippen molar-refractivity contribution < 1.29 is 23.7 Å². The molecule has 0 radical (unpaired) electrons. The third-order valence-electron chi connectivity index (χ3n) is 3.17. The van der Waals surface area contributed by atoms with Gasteiger partial charge in [0.05, 0.1) is 39.6 Å². The minimum absolute atomic E-state index is 0.0214. The van der Waals surface area contributed by atoms with Crippen molar-refractivity contribution in [2.75, 3.05) is 71.4 Å². The molecule has 0 aromatic carbocycles. The zero-order chi connectivity index (χ0) is 18.6. The number of hydrogen-bond acceptors (Lipinski definition) is 6. The van der Waals surface area contributed by atoms with Crippen LogP contribution in [0.3, 0.4) is 0 Å². The van der Waals surface area contributed by atoms with E-state index in [-0.39, 0.29) is 22.0 Å². The van der Waals surface area contributed by atoms with E-state index in [1.54, 1.807) is 0 Å². The minimum atomic E-state index is -0.0948. The van der Waals surface area contributed by atoms with Gasteiger partial charge < -0.3 is 24.3 Å². The predicted octanol–water partition coefficient (Wildman–Crippen LogP) is 1.46. The molecule has 0 spiro atoms. The first-order chi connectivity index (χ1) is 12.2. The van der Waals surface area contributed by atoms with Gasteiger partial charge in [0.1, 0.15) is 6.61 Å². The minimum Gasteiger partial charge on any atom is -0.379 e. The zero-order valence-electron chi connectivity index (χ0n) is 15.8. The van der Waals surface area contributed by atoms with Crippen LogP contribution < -0.4 is 5.32 Å². The fraction of sp³-hybridized carbons (Fsp3) is 0.941. The monoisotopic (exact) mass is 397 g/mol. The lowest BCUT2D eigenvalue weighted by atomic mass is 10.3. The Bertz CT molecular complexity index is 332. The number of carbonyl (C=O) groups excluding carboxylic acids is 1. The van der Waals surface area contributed by atoms with Crippen LogP contribution in [0, 0.1) is 0 Å². The lowest BCUT2D eigenvalue weighted by Crippen LogP contribution is -2.29. The molecule has 150 valence electrons. The first kappa shape index (κ1) is 24.9. The lowest BCUT2D eigenvalue weighted by molar-refractivity contribution is -0.126. The summed E-state index contributed by atoms with van der Waals surface area (Å²) < 4.78 is 21.4. The molecule has 1 unspecified atom stereocenters. The number of hydrogen-bond donors (Lipinski definition) is 1. The van der Waals surface area contributed by atoms with Crippen LogP contribution in [0.15, 0.2) is 0 Å². The van der Waals surface area contributed by atoms with E-state index >= 15 is 0 Å². The van der Waals surface area contributed by atoms with E-state index in [0.717, 1.165) is 25.2 Å². The lowest BCUT2D eigenvalue weighted by Gasteiger charge is -2.08. The Kier molecular flexibility index (Phi) is 20.1. The molecule has 8 heteroatoms. The Morgan fingerprint density at radius 1 is 0.880 bits per heavy atom. The standard InChI is InChI=1S/C17H35NO5S2/c1-3-4-5-8-20-9-10-21-11-12-22-13-14-23-16-17(19)18-7-6-15-25(2)24/h3-16H2,1-2H3,(H,18,19). The summed E-state index contributed by atoms with van der Waals surface area (Å²) in [6.07, 6.45) is 6.48. The fourth-order valence-electron chi connectivity index (χ4n) is 1.83. The van der Waals surface area contributed by atoms with E-state index < -0.39 is 0 Å². The van der Waals surface area contributed by atoms with Crippen molar-refractivity contribution in [2.45, 2.75) is 32.6 Å². The predicted molar refractivity (Wildman–Crippen MR) is 106 cm³/mol.